The molecular weight excluding hydrogens is 250 g/mol. The Morgan fingerprint density at radius 1 is 0.950 bits per heavy atom. The second-order valence-electron chi connectivity index (χ2n) is 4.39. The first-order chi connectivity index (χ1) is 9.75. The van der Waals surface area contributed by atoms with E-state index in [4.69, 9.17) is 5.73 Å². The Kier molecular flexibility index (Phi) is 3.05. The molecule has 0 aliphatic rings. The van der Waals surface area contributed by atoms with E-state index in [2.05, 4.69) is 5.10 Å². The summed E-state index contributed by atoms with van der Waals surface area (Å²) in [6.45, 7) is 0. The number of carbonyl (C=O) groups is 1. The zero-order valence-electron chi connectivity index (χ0n) is 10.7. The van der Waals surface area contributed by atoms with E-state index >= 15 is 0 Å². The van der Waals surface area contributed by atoms with Crippen molar-refractivity contribution >= 4 is 5.91 Å². The number of nitrogens with two attached hydrogens (primary N) is 1. The molecule has 98 valence electrons. The van der Waals surface area contributed by atoms with Gasteiger partial charge < -0.3 is 5.73 Å². The summed E-state index contributed by atoms with van der Waals surface area (Å²) in [5.74, 6) is -0.497. The molecule has 4 nitrogen and oxygen atoms in total. The molecule has 0 fully saturated rings. The number of primary amides is 1. The molecule has 0 saturated carbocycles. The second kappa shape index (κ2) is 5.01. The Morgan fingerprint density at radius 3 is 2.15 bits per heavy atom. The average molecular weight is 263 g/mol. The third-order valence-electron chi connectivity index (χ3n) is 3.03. The van der Waals surface area contributed by atoms with Gasteiger partial charge in [0.25, 0.3) is 5.91 Å². The molecule has 0 aliphatic carbocycles. The monoisotopic (exact) mass is 263 g/mol. The van der Waals surface area contributed by atoms with Crippen LogP contribution in [0.1, 0.15) is 10.5 Å². The summed E-state index contributed by atoms with van der Waals surface area (Å²) >= 11 is 0. The number of rotatable bonds is 3. The standard InChI is InChI=1S/C16H13N3O/c17-16(20)15-11-14(12-7-3-1-4-8-12)18-19(15)13-9-5-2-6-10-13/h1-11H,(H2,17,20). The molecular formula is C16H13N3O. The molecule has 3 aromatic rings. The first-order valence-electron chi connectivity index (χ1n) is 6.26. The van der Waals surface area contributed by atoms with Crippen LogP contribution in [-0.4, -0.2) is 15.7 Å². The van der Waals surface area contributed by atoms with Crippen molar-refractivity contribution in [2.75, 3.05) is 0 Å². The van der Waals surface area contributed by atoms with Gasteiger partial charge in [-0.1, -0.05) is 48.5 Å². The van der Waals surface area contributed by atoms with Crippen molar-refractivity contribution in [2.45, 2.75) is 0 Å². The fraction of sp³-hybridized carbons (Fsp3) is 0. The maximum Gasteiger partial charge on any atom is 0.267 e. The molecule has 1 amide bonds. The van der Waals surface area contributed by atoms with Crippen molar-refractivity contribution in [3.05, 3.63) is 72.4 Å². The molecule has 2 aromatic carbocycles. The summed E-state index contributed by atoms with van der Waals surface area (Å²) in [6.07, 6.45) is 0. The van der Waals surface area contributed by atoms with Crippen LogP contribution in [0.2, 0.25) is 0 Å². The predicted octanol–water partition coefficient (Wildman–Crippen LogP) is 2.64. The van der Waals surface area contributed by atoms with E-state index in [1.54, 1.807) is 10.7 Å². The van der Waals surface area contributed by atoms with Crippen LogP contribution in [0.4, 0.5) is 0 Å². The van der Waals surface area contributed by atoms with Crippen molar-refractivity contribution in [3.63, 3.8) is 0 Å². The summed E-state index contributed by atoms with van der Waals surface area (Å²) in [5, 5.41) is 4.49. The highest BCUT2D eigenvalue weighted by molar-refractivity contribution is 5.93. The molecule has 0 spiro atoms. The third kappa shape index (κ3) is 2.19. The first-order valence-corrected chi connectivity index (χ1v) is 6.26. The smallest absolute Gasteiger partial charge is 0.267 e. The van der Waals surface area contributed by atoms with E-state index < -0.39 is 5.91 Å². The summed E-state index contributed by atoms with van der Waals surface area (Å²) in [7, 11) is 0. The van der Waals surface area contributed by atoms with Gasteiger partial charge in [0.15, 0.2) is 0 Å². The molecule has 0 unspecified atom stereocenters. The number of hydrogen-bond donors (Lipinski definition) is 1. The van der Waals surface area contributed by atoms with E-state index in [1.807, 2.05) is 60.7 Å². The SMILES string of the molecule is NC(=O)c1cc(-c2ccccc2)nn1-c1ccccc1. The van der Waals surface area contributed by atoms with Crippen LogP contribution in [0, 0.1) is 0 Å². The Morgan fingerprint density at radius 2 is 1.55 bits per heavy atom. The largest absolute Gasteiger partial charge is 0.364 e. The van der Waals surface area contributed by atoms with Gasteiger partial charge in [-0.05, 0) is 18.2 Å². The van der Waals surface area contributed by atoms with Crippen LogP contribution >= 0.6 is 0 Å². The fourth-order valence-corrected chi connectivity index (χ4v) is 2.07. The predicted molar refractivity (Wildman–Crippen MR) is 77.5 cm³/mol. The number of aromatic nitrogens is 2. The van der Waals surface area contributed by atoms with Crippen molar-refractivity contribution in [2.24, 2.45) is 5.73 Å². The van der Waals surface area contributed by atoms with Gasteiger partial charge in [-0.2, -0.15) is 5.10 Å². The van der Waals surface area contributed by atoms with Crippen molar-refractivity contribution in [1.29, 1.82) is 0 Å². The molecule has 2 N–H and O–H groups in total. The van der Waals surface area contributed by atoms with Crippen LogP contribution in [0.3, 0.4) is 0 Å². The van der Waals surface area contributed by atoms with Crippen molar-refractivity contribution in [3.8, 4) is 16.9 Å². The molecule has 20 heavy (non-hydrogen) atoms. The molecule has 0 aliphatic heterocycles. The van der Waals surface area contributed by atoms with Gasteiger partial charge in [0, 0.05) is 5.56 Å². The average Bonchev–Trinajstić information content (AvgIpc) is 2.94. The van der Waals surface area contributed by atoms with Gasteiger partial charge in [0.1, 0.15) is 5.69 Å². The van der Waals surface area contributed by atoms with Gasteiger partial charge in [0.2, 0.25) is 0 Å². The van der Waals surface area contributed by atoms with Crippen LogP contribution in [0.5, 0.6) is 0 Å². The molecule has 1 heterocycles. The topological polar surface area (TPSA) is 60.9 Å². The lowest BCUT2D eigenvalue weighted by Gasteiger charge is -2.03. The summed E-state index contributed by atoms with van der Waals surface area (Å²) in [6, 6.07) is 20.9. The lowest BCUT2D eigenvalue weighted by atomic mass is 10.1. The number of benzene rings is 2. The molecule has 0 bridgehead atoms. The van der Waals surface area contributed by atoms with Crippen LogP contribution in [0.15, 0.2) is 66.7 Å². The van der Waals surface area contributed by atoms with E-state index in [1.165, 1.54) is 0 Å². The molecule has 4 heteroatoms. The van der Waals surface area contributed by atoms with Gasteiger partial charge >= 0.3 is 0 Å². The fourth-order valence-electron chi connectivity index (χ4n) is 2.07. The summed E-state index contributed by atoms with van der Waals surface area (Å²) in [5.41, 5.74) is 8.30. The highest BCUT2D eigenvalue weighted by Gasteiger charge is 2.14. The van der Waals surface area contributed by atoms with Gasteiger partial charge in [-0.3, -0.25) is 4.79 Å². The number of nitrogens with zero attached hydrogens (tertiary/aromatic N) is 2. The highest BCUT2D eigenvalue weighted by atomic mass is 16.1. The molecule has 1 aromatic heterocycles. The number of carbonyl (C=O) groups excluding carboxylic acids is 1. The Bertz CT molecular complexity index is 733. The van der Waals surface area contributed by atoms with E-state index in [0.29, 0.717) is 5.69 Å². The third-order valence-corrected chi connectivity index (χ3v) is 3.03. The Labute approximate surface area is 116 Å². The lowest BCUT2D eigenvalue weighted by Crippen LogP contribution is -2.16. The Balaban J connectivity index is 2.15. The quantitative estimate of drug-likeness (QED) is 0.789. The summed E-state index contributed by atoms with van der Waals surface area (Å²) < 4.78 is 1.57. The van der Waals surface area contributed by atoms with Gasteiger partial charge in [0.05, 0.1) is 11.4 Å². The van der Waals surface area contributed by atoms with Crippen molar-refractivity contribution in [1.82, 2.24) is 9.78 Å². The molecule has 0 radical (unpaired) electrons. The maximum absolute atomic E-state index is 11.6. The lowest BCUT2D eigenvalue weighted by molar-refractivity contribution is 0.0993. The van der Waals surface area contributed by atoms with E-state index in [9.17, 15) is 4.79 Å². The maximum atomic E-state index is 11.6. The molecule has 0 atom stereocenters. The van der Waals surface area contributed by atoms with Crippen LogP contribution < -0.4 is 5.73 Å². The number of amides is 1. The number of hydrogen-bond acceptors (Lipinski definition) is 2. The zero-order chi connectivity index (χ0) is 13.9. The minimum atomic E-state index is -0.497. The Hall–Kier alpha value is -2.88. The molecule has 0 saturated heterocycles. The van der Waals surface area contributed by atoms with Crippen molar-refractivity contribution < 1.29 is 4.79 Å². The molecule has 3 rings (SSSR count). The normalized spacial score (nSPS) is 10.4. The van der Waals surface area contributed by atoms with E-state index in [-0.39, 0.29) is 0 Å². The van der Waals surface area contributed by atoms with Crippen LogP contribution in [0.25, 0.3) is 16.9 Å². The van der Waals surface area contributed by atoms with Gasteiger partial charge in [-0.25, -0.2) is 4.68 Å². The number of para-hydroxylation sites is 1. The first kappa shape index (κ1) is 12.2. The van der Waals surface area contributed by atoms with Gasteiger partial charge in [-0.15, -0.1) is 0 Å². The minimum Gasteiger partial charge on any atom is -0.364 e. The summed E-state index contributed by atoms with van der Waals surface area (Å²) in [4.78, 5) is 11.6. The zero-order valence-corrected chi connectivity index (χ0v) is 10.7. The highest BCUT2D eigenvalue weighted by Crippen LogP contribution is 2.21. The minimum absolute atomic E-state index is 0.370. The second-order valence-corrected chi connectivity index (χ2v) is 4.39. The van der Waals surface area contributed by atoms with Crippen LogP contribution in [-0.2, 0) is 0 Å². The van der Waals surface area contributed by atoms with E-state index in [0.717, 1.165) is 16.9 Å².